The molecular formula is C15H23FN2O. The van der Waals surface area contributed by atoms with E-state index in [1.165, 1.54) is 6.07 Å². The molecule has 1 fully saturated rings. The number of benzene rings is 1. The molecule has 0 spiro atoms. The van der Waals surface area contributed by atoms with E-state index in [1.54, 1.807) is 13.0 Å². The highest BCUT2D eigenvalue weighted by Gasteiger charge is 2.22. The zero-order chi connectivity index (χ0) is 14.0. The van der Waals surface area contributed by atoms with Crippen molar-refractivity contribution in [3.63, 3.8) is 0 Å². The number of aliphatic hydroxyl groups excluding tert-OH is 1. The van der Waals surface area contributed by atoms with Crippen molar-refractivity contribution < 1.29 is 9.50 Å². The standard InChI is InChI=1S/C15H23FN2O/c1-11-10-17(3)7-4-8-18(11)15-6-5-13(12(2)19)9-14(15)16/h5-6,9,11-12,19H,4,7-8,10H2,1-3H3/t11?,12-/m0/s1. The smallest absolute Gasteiger partial charge is 0.146 e. The first-order valence-electron chi connectivity index (χ1n) is 6.91. The van der Waals surface area contributed by atoms with Crippen LogP contribution >= 0.6 is 0 Å². The lowest BCUT2D eigenvalue weighted by Crippen LogP contribution is -2.38. The van der Waals surface area contributed by atoms with Gasteiger partial charge in [-0.15, -0.1) is 0 Å². The summed E-state index contributed by atoms with van der Waals surface area (Å²) in [6.07, 6.45) is 0.412. The molecule has 1 aliphatic rings. The summed E-state index contributed by atoms with van der Waals surface area (Å²) in [6.45, 7) is 6.64. The maximum Gasteiger partial charge on any atom is 0.146 e. The average molecular weight is 266 g/mol. The van der Waals surface area contributed by atoms with E-state index in [4.69, 9.17) is 0 Å². The second kappa shape index (κ2) is 5.88. The Labute approximate surface area is 114 Å². The molecule has 1 aliphatic heterocycles. The predicted octanol–water partition coefficient (Wildman–Crippen LogP) is 2.41. The quantitative estimate of drug-likeness (QED) is 0.890. The van der Waals surface area contributed by atoms with Crippen LogP contribution < -0.4 is 4.90 Å². The molecule has 0 aliphatic carbocycles. The molecule has 1 heterocycles. The summed E-state index contributed by atoms with van der Waals surface area (Å²) in [5.74, 6) is -0.241. The third kappa shape index (κ3) is 3.25. The van der Waals surface area contributed by atoms with Gasteiger partial charge in [-0.25, -0.2) is 4.39 Å². The molecule has 0 aromatic heterocycles. The first kappa shape index (κ1) is 14.3. The first-order valence-corrected chi connectivity index (χ1v) is 6.91. The van der Waals surface area contributed by atoms with E-state index < -0.39 is 6.10 Å². The Kier molecular flexibility index (Phi) is 4.42. The van der Waals surface area contributed by atoms with Crippen molar-refractivity contribution in [1.82, 2.24) is 4.90 Å². The lowest BCUT2D eigenvalue weighted by atomic mass is 10.1. The van der Waals surface area contributed by atoms with Crippen molar-refractivity contribution >= 4 is 5.69 Å². The van der Waals surface area contributed by atoms with Crippen LogP contribution in [0.25, 0.3) is 0 Å². The molecule has 1 N–H and O–H groups in total. The molecule has 1 unspecified atom stereocenters. The molecule has 106 valence electrons. The lowest BCUT2D eigenvalue weighted by Gasteiger charge is -2.30. The Hall–Kier alpha value is -1.13. The van der Waals surface area contributed by atoms with Crippen LogP contribution in [0.2, 0.25) is 0 Å². The lowest BCUT2D eigenvalue weighted by molar-refractivity contribution is 0.199. The van der Waals surface area contributed by atoms with Crippen LogP contribution in [0.1, 0.15) is 31.9 Å². The van der Waals surface area contributed by atoms with Crippen molar-refractivity contribution in [2.75, 3.05) is 31.6 Å². The first-order chi connectivity index (χ1) is 8.99. The second-order valence-electron chi connectivity index (χ2n) is 5.55. The van der Waals surface area contributed by atoms with E-state index in [9.17, 15) is 9.50 Å². The largest absolute Gasteiger partial charge is 0.389 e. The van der Waals surface area contributed by atoms with Gasteiger partial charge in [0.25, 0.3) is 0 Å². The van der Waals surface area contributed by atoms with Gasteiger partial charge in [0.05, 0.1) is 11.8 Å². The SMILES string of the molecule is CC1CN(C)CCCN1c1ccc([C@H](C)O)cc1F. The van der Waals surface area contributed by atoms with Crippen LogP contribution in [0.5, 0.6) is 0 Å². The van der Waals surface area contributed by atoms with Crippen LogP contribution in [0, 0.1) is 5.82 Å². The topological polar surface area (TPSA) is 26.7 Å². The summed E-state index contributed by atoms with van der Waals surface area (Å²) in [4.78, 5) is 4.41. The molecule has 3 nitrogen and oxygen atoms in total. The third-order valence-corrected chi connectivity index (χ3v) is 3.81. The molecular weight excluding hydrogens is 243 g/mol. The normalized spacial score (nSPS) is 23.2. The molecule has 1 aromatic carbocycles. The van der Waals surface area contributed by atoms with Crippen molar-refractivity contribution in [3.8, 4) is 0 Å². The van der Waals surface area contributed by atoms with Crippen molar-refractivity contribution in [2.45, 2.75) is 32.4 Å². The molecule has 2 atom stereocenters. The monoisotopic (exact) mass is 266 g/mol. The van der Waals surface area contributed by atoms with Crippen molar-refractivity contribution in [2.24, 2.45) is 0 Å². The fourth-order valence-corrected chi connectivity index (χ4v) is 2.75. The number of hydrogen-bond donors (Lipinski definition) is 1. The molecule has 1 saturated heterocycles. The maximum atomic E-state index is 14.2. The number of halogens is 1. The van der Waals surface area contributed by atoms with Gasteiger partial charge in [-0.3, -0.25) is 0 Å². The zero-order valence-electron chi connectivity index (χ0n) is 11.9. The van der Waals surface area contributed by atoms with E-state index in [0.29, 0.717) is 17.3 Å². The van der Waals surface area contributed by atoms with E-state index in [1.807, 2.05) is 6.07 Å². The number of likely N-dealkylation sites (N-methyl/N-ethyl adjacent to an activating group) is 1. The highest BCUT2D eigenvalue weighted by molar-refractivity contribution is 5.50. The van der Waals surface area contributed by atoms with Crippen molar-refractivity contribution in [3.05, 3.63) is 29.6 Å². The van der Waals surface area contributed by atoms with Crippen LogP contribution in [0.3, 0.4) is 0 Å². The van der Waals surface area contributed by atoms with Crippen molar-refractivity contribution in [1.29, 1.82) is 0 Å². The predicted molar refractivity (Wildman–Crippen MR) is 76.0 cm³/mol. The fraction of sp³-hybridized carbons (Fsp3) is 0.600. The van der Waals surface area contributed by atoms with Gasteiger partial charge in [0.2, 0.25) is 0 Å². The molecule has 1 aromatic rings. The molecule has 2 rings (SSSR count). The minimum Gasteiger partial charge on any atom is -0.389 e. The van der Waals surface area contributed by atoms with E-state index in [0.717, 1.165) is 26.1 Å². The Morgan fingerprint density at radius 2 is 2.11 bits per heavy atom. The van der Waals surface area contributed by atoms with Gasteiger partial charge >= 0.3 is 0 Å². The minimum absolute atomic E-state index is 0.241. The Bertz CT molecular complexity index is 436. The number of hydrogen-bond acceptors (Lipinski definition) is 3. The number of rotatable bonds is 2. The van der Waals surface area contributed by atoms with E-state index in [-0.39, 0.29) is 5.82 Å². The number of anilines is 1. The van der Waals surface area contributed by atoms with Gasteiger partial charge in [0.15, 0.2) is 0 Å². The Balaban J connectivity index is 2.25. The Morgan fingerprint density at radius 1 is 1.37 bits per heavy atom. The van der Waals surface area contributed by atoms with Gasteiger partial charge < -0.3 is 14.9 Å². The highest BCUT2D eigenvalue weighted by atomic mass is 19.1. The molecule has 19 heavy (non-hydrogen) atoms. The second-order valence-corrected chi connectivity index (χ2v) is 5.55. The average Bonchev–Trinajstić information content (AvgIpc) is 2.50. The number of nitrogens with zero attached hydrogens (tertiary/aromatic N) is 2. The van der Waals surface area contributed by atoms with Crippen LogP contribution in [-0.4, -0.2) is 42.7 Å². The van der Waals surface area contributed by atoms with Crippen LogP contribution in [0.15, 0.2) is 18.2 Å². The summed E-state index contributed by atoms with van der Waals surface area (Å²) in [5, 5.41) is 9.49. The third-order valence-electron chi connectivity index (χ3n) is 3.81. The maximum absolute atomic E-state index is 14.2. The van der Waals surface area contributed by atoms with Gasteiger partial charge in [0, 0.05) is 19.1 Å². The highest BCUT2D eigenvalue weighted by Crippen LogP contribution is 2.26. The molecule has 0 saturated carbocycles. The summed E-state index contributed by atoms with van der Waals surface area (Å²) in [7, 11) is 2.10. The zero-order valence-corrected chi connectivity index (χ0v) is 11.9. The summed E-state index contributed by atoms with van der Waals surface area (Å²) < 4.78 is 14.2. The van der Waals surface area contributed by atoms with Crippen LogP contribution in [-0.2, 0) is 0 Å². The van der Waals surface area contributed by atoms with Gasteiger partial charge in [-0.2, -0.15) is 0 Å². The fourth-order valence-electron chi connectivity index (χ4n) is 2.75. The van der Waals surface area contributed by atoms with Crippen LogP contribution in [0.4, 0.5) is 10.1 Å². The molecule has 0 amide bonds. The van der Waals surface area contributed by atoms with E-state index in [2.05, 4.69) is 23.8 Å². The summed E-state index contributed by atoms with van der Waals surface area (Å²) >= 11 is 0. The molecule has 0 bridgehead atoms. The van der Waals surface area contributed by atoms with Gasteiger partial charge in [0.1, 0.15) is 5.82 Å². The van der Waals surface area contributed by atoms with Gasteiger partial charge in [-0.1, -0.05) is 6.07 Å². The summed E-state index contributed by atoms with van der Waals surface area (Å²) in [5.41, 5.74) is 1.27. The Morgan fingerprint density at radius 3 is 2.74 bits per heavy atom. The molecule has 4 heteroatoms. The molecule has 0 radical (unpaired) electrons. The van der Waals surface area contributed by atoms with E-state index >= 15 is 0 Å². The number of aliphatic hydroxyl groups is 1. The minimum atomic E-state index is -0.628. The van der Waals surface area contributed by atoms with Gasteiger partial charge in [-0.05, 0) is 51.6 Å². The summed E-state index contributed by atoms with van der Waals surface area (Å²) in [6, 6.07) is 5.34.